The maximum atomic E-state index is 13.1. The summed E-state index contributed by atoms with van der Waals surface area (Å²) in [7, 11) is 0. The first-order chi connectivity index (χ1) is 9.43. The molecule has 2 N–H and O–H groups in total. The van der Waals surface area contributed by atoms with Gasteiger partial charge in [-0.1, -0.05) is 38.1 Å². The molecule has 110 valence electrons. The molecule has 1 aromatic rings. The lowest BCUT2D eigenvalue weighted by molar-refractivity contribution is 0.197. The first-order valence-electron chi connectivity index (χ1n) is 6.93. The third-order valence-corrected chi connectivity index (χ3v) is 3.67. The topological polar surface area (TPSA) is 29.3 Å². The second kappa shape index (κ2) is 7.36. The number of nitrogens with zero attached hydrogens (tertiary/aromatic N) is 1. The van der Waals surface area contributed by atoms with Gasteiger partial charge in [-0.2, -0.15) is 0 Å². The highest BCUT2D eigenvalue weighted by molar-refractivity contribution is 5.26. The van der Waals surface area contributed by atoms with Crippen molar-refractivity contribution in [3.05, 3.63) is 61.0 Å². The van der Waals surface area contributed by atoms with E-state index in [1.54, 1.807) is 12.1 Å². The van der Waals surface area contributed by atoms with E-state index in [1.165, 1.54) is 12.1 Å². The Hall–Kier alpha value is -1.45. The summed E-state index contributed by atoms with van der Waals surface area (Å²) in [5.41, 5.74) is 7.06. The van der Waals surface area contributed by atoms with Crippen LogP contribution in [0.2, 0.25) is 0 Å². The maximum Gasteiger partial charge on any atom is 0.123 e. The minimum absolute atomic E-state index is 0.227. The average molecular weight is 276 g/mol. The van der Waals surface area contributed by atoms with E-state index in [9.17, 15) is 4.39 Å². The molecule has 0 aromatic heterocycles. The molecule has 0 saturated heterocycles. The zero-order chi connectivity index (χ0) is 15.2. The summed E-state index contributed by atoms with van der Waals surface area (Å²) < 4.78 is 13.1. The van der Waals surface area contributed by atoms with Gasteiger partial charge in [-0.15, -0.1) is 13.2 Å². The lowest BCUT2D eigenvalue weighted by Gasteiger charge is -2.38. The van der Waals surface area contributed by atoms with Gasteiger partial charge in [-0.3, -0.25) is 4.90 Å². The molecule has 0 aliphatic heterocycles. The maximum absolute atomic E-state index is 13.1. The van der Waals surface area contributed by atoms with Crippen molar-refractivity contribution >= 4 is 0 Å². The number of hydrogen-bond donors (Lipinski definition) is 1. The van der Waals surface area contributed by atoms with Crippen LogP contribution < -0.4 is 5.73 Å². The summed E-state index contributed by atoms with van der Waals surface area (Å²) in [4.78, 5) is 2.18. The Labute approximate surface area is 121 Å². The largest absolute Gasteiger partial charge is 0.320 e. The van der Waals surface area contributed by atoms with Crippen molar-refractivity contribution < 1.29 is 4.39 Å². The van der Waals surface area contributed by atoms with Crippen LogP contribution in [0.3, 0.4) is 0 Å². The van der Waals surface area contributed by atoms with Gasteiger partial charge in [0.1, 0.15) is 5.82 Å². The smallest absolute Gasteiger partial charge is 0.123 e. The lowest BCUT2D eigenvalue weighted by Crippen LogP contribution is -2.51. The van der Waals surface area contributed by atoms with Crippen molar-refractivity contribution in [3.63, 3.8) is 0 Å². The molecule has 0 heterocycles. The minimum Gasteiger partial charge on any atom is -0.320 e. The Balaban J connectivity index is 3.04. The molecule has 20 heavy (non-hydrogen) atoms. The number of rotatable bonds is 8. The molecular weight excluding hydrogens is 251 g/mol. The molecule has 0 saturated carbocycles. The molecule has 1 unspecified atom stereocenters. The Kier molecular flexibility index (Phi) is 6.11. The van der Waals surface area contributed by atoms with E-state index >= 15 is 0 Å². The number of benzene rings is 1. The van der Waals surface area contributed by atoms with Crippen LogP contribution in [-0.4, -0.2) is 24.5 Å². The fourth-order valence-electron chi connectivity index (χ4n) is 2.31. The third-order valence-electron chi connectivity index (χ3n) is 3.67. The molecule has 0 aliphatic carbocycles. The van der Waals surface area contributed by atoms with Crippen LogP contribution in [0.4, 0.5) is 4.39 Å². The van der Waals surface area contributed by atoms with Gasteiger partial charge in [0.25, 0.3) is 0 Å². The van der Waals surface area contributed by atoms with Crippen molar-refractivity contribution in [1.82, 2.24) is 4.90 Å². The van der Waals surface area contributed by atoms with E-state index in [2.05, 4.69) is 31.9 Å². The number of nitrogens with two attached hydrogens (primary N) is 1. The van der Waals surface area contributed by atoms with Crippen LogP contribution in [0.15, 0.2) is 49.6 Å². The molecule has 1 aromatic carbocycles. The van der Waals surface area contributed by atoms with Gasteiger partial charge < -0.3 is 5.73 Å². The van der Waals surface area contributed by atoms with E-state index in [0.717, 1.165) is 18.7 Å². The summed E-state index contributed by atoms with van der Waals surface area (Å²) >= 11 is 0. The molecule has 1 rings (SSSR count). The summed E-state index contributed by atoms with van der Waals surface area (Å²) in [5, 5.41) is 0. The highest BCUT2D eigenvalue weighted by atomic mass is 19.1. The predicted octanol–water partition coefficient (Wildman–Crippen LogP) is 3.31. The van der Waals surface area contributed by atoms with Crippen LogP contribution >= 0.6 is 0 Å². The van der Waals surface area contributed by atoms with E-state index in [1.807, 2.05) is 12.2 Å². The SMILES string of the molecule is C=CCN(CC=C)CC(N)(c1ccc(F)cc1)C(C)C. The molecule has 1 atom stereocenters. The average Bonchev–Trinajstić information content (AvgIpc) is 2.39. The fraction of sp³-hybridized carbons (Fsp3) is 0.412. The van der Waals surface area contributed by atoms with Gasteiger partial charge in [0.2, 0.25) is 0 Å². The second-order valence-corrected chi connectivity index (χ2v) is 5.47. The van der Waals surface area contributed by atoms with Crippen LogP contribution in [0.5, 0.6) is 0 Å². The lowest BCUT2D eigenvalue weighted by atomic mass is 9.80. The molecular formula is C17H25FN2. The summed E-state index contributed by atoms with van der Waals surface area (Å²) in [6, 6.07) is 6.47. The molecule has 0 amide bonds. The molecule has 0 spiro atoms. The first-order valence-corrected chi connectivity index (χ1v) is 6.93. The number of hydrogen-bond acceptors (Lipinski definition) is 2. The Morgan fingerprint density at radius 1 is 1.20 bits per heavy atom. The molecule has 0 bridgehead atoms. The Bertz CT molecular complexity index is 429. The van der Waals surface area contributed by atoms with E-state index in [0.29, 0.717) is 6.54 Å². The van der Waals surface area contributed by atoms with Crippen molar-refractivity contribution in [2.24, 2.45) is 11.7 Å². The standard InChI is InChI=1S/C17H25FN2/c1-5-11-20(12-6-2)13-17(19,14(3)4)15-7-9-16(18)10-8-15/h5-10,14H,1-2,11-13,19H2,3-4H3. The first kappa shape index (κ1) is 16.6. The molecule has 0 radical (unpaired) electrons. The predicted molar refractivity (Wildman–Crippen MR) is 83.9 cm³/mol. The fourth-order valence-corrected chi connectivity index (χ4v) is 2.31. The monoisotopic (exact) mass is 276 g/mol. The highest BCUT2D eigenvalue weighted by Crippen LogP contribution is 2.28. The molecule has 2 nitrogen and oxygen atoms in total. The normalized spacial score (nSPS) is 14.3. The minimum atomic E-state index is -0.528. The van der Waals surface area contributed by atoms with Crippen LogP contribution in [0.1, 0.15) is 19.4 Å². The highest BCUT2D eigenvalue weighted by Gasteiger charge is 2.32. The third kappa shape index (κ3) is 4.02. The van der Waals surface area contributed by atoms with E-state index < -0.39 is 5.54 Å². The summed E-state index contributed by atoms with van der Waals surface area (Å²) in [5.74, 6) is -0.0148. The number of halogens is 1. The van der Waals surface area contributed by atoms with Gasteiger partial charge in [0.05, 0.1) is 5.54 Å². The van der Waals surface area contributed by atoms with E-state index in [-0.39, 0.29) is 11.7 Å². The summed E-state index contributed by atoms with van der Waals surface area (Å²) in [6.45, 7) is 13.9. The van der Waals surface area contributed by atoms with Crippen molar-refractivity contribution in [2.75, 3.05) is 19.6 Å². The second-order valence-electron chi connectivity index (χ2n) is 5.47. The molecule has 0 aliphatic rings. The van der Waals surface area contributed by atoms with Gasteiger partial charge in [0.15, 0.2) is 0 Å². The van der Waals surface area contributed by atoms with Crippen LogP contribution in [0, 0.1) is 11.7 Å². The Morgan fingerprint density at radius 3 is 2.10 bits per heavy atom. The van der Waals surface area contributed by atoms with Gasteiger partial charge in [-0.05, 0) is 23.6 Å². The molecule has 3 heteroatoms. The summed E-state index contributed by atoms with van der Waals surface area (Å²) in [6.07, 6.45) is 3.71. The molecule has 0 fully saturated rings. The van der Waals surface area contributed by atoms with E-state index in [4.69, 9.17) is 5.73 Å². The van der Waals surface area contributed by atoms with Crippen LogP contribution in [0.25, 0.3) is 0 Å². The van der Waals surface area contributed by atoms with Crippen molar-refractivity contribution in [3.8, 4) is 0 Å². The van der Waals surface area contributed by atoms with Crippen molar-refractivity contribution in [1.29, 1.82) is 0 Å². The zero-order valence-electron chi connectivity index (χ0n) is 12.5. The van der Waals surface area contributed by atoms with Gasteiger partial charge >= 0.3 is 0 Å². The zero-order valence-corrected chi connectivity index (χ0v) is 12.5. The Morgan fingerprint density at radius 2 is 1.70 bits per heavy atom. The van der Waals surface area contributed by atoms with Crippen LogP contribution in [-0.2, 0) is 5.54 Å². The van der Waals surface area contributed by atoms with Gasteiger partial charge in [-0.25, -0.2) is 4.39 Å². The van der Waals surface area contributed by atoms with Crippen molar-refractivity contribution in [2.45, 2.75) is 19.4 Å². The quantitative estimate of drug-likeness (QED) is 0.738. The van der Waals surface area contributed by atoms with Gasteiger partial charge in [0, 0.05) is 19.6 Å².